The zero-order valence-corrected chi connectivity index (χ0v) is 14.8. The first kappa shape index (κ1) is 18.8. The zero-order chi connectivity index (χ0) is 18.8. The summed E-state index contributed by atoms with van der Waals surface area (Å²) in [5, 5.41) is 8.92. The van der Waals surface area contributed by atoms with Gasteiger partial charge in [0.05, 0.1) is 6.54 Å². The third-order valence-corrected chi connectivity index (χ3v) is 5.50. The van der Waals surface area contributed by atoms with Gasteiger partial charge in [0.15, 0.2) is 0 Å². The van der Waals surface area contributed by atoms with Crippen molar-refractivity contribution in [1.82, 2.24) is 9.80 Å². The molecule has 1 amide bonds. The van der Waals surface area contributed by atoms with Gasteiger partial charge in [-0.3, -0.25) is 14.5 Å². The van der Waals surface area contributed by atoms with Gasteiger partial charge < -0.3 is 10.0 Å². The van der Waals surface area contributed by atoms with Gasteiger partial charge in [-0.15, -0.1) is 0 Å². The van der Waals surface area contributed by atoms with Crippen LogP contribution in [0.15, 0.2) is 18.2 Å². The van der Waals surface area contributed by atoms with E-state index in [-0.39, 0.29) is 35.9 Å². The van der Waals surface area contributed by atoms with Crippen molar-refractivity contribution >= 4 is 11.9 Å². The summed E-state index contributed by atoms with van der Waals surface area (Å²) in [5.41, 5.74) is 0.0275. The van der Waals surface area contributed by atoms with E-state index in [1.165, 1.54) is 18.2 Å². The van der Waals surface area contributed by atoms with Gasteiger partial charge in [0.2, 0.25) is 5.91 Å². The van der Waals surface area contributed by atoms with Crippen molar-refractivity contribution in [1.29, 1.82) is 0 Å². The van der Waals surface area contributed by atoms with E-state index in [4.69, 9.17) is 5.11 Å². The molecular weight excluding hydrogens is 342 g/mol. The minimum atomic E-state index is -0.864. The van der Waals surface area contributed by atoms with E-state index in [2.05, 4.69) is 0 Å². The van der Waals surface area contributed by atoms with Gasteiger partial charge in [0, 0.05) is 36.5 Å². The lowest BCUT2D eigenvalue weighted by Gasteiger charge is -2.25. The van der Waals surface area contributed by atoms with Crippen LogP contribution in [0.25, 0.3) is 0 Å². The van der Waals surface area contributed by atoms with Crippen molar-refractivity contribution in [2.75, 3.05) is 26.7 Å². The number of halogens is 2. The second-order valence-corrected chi connectivity index (χ2v) is 7.30. The van der Waals surface area contributed by atoms with Crippen molar-refractivity contribution in [3.05, 3.63) is 35.4 Å². The molecule has 7 heteroatoms. The SMILES string of the molecule is CN(CC(=O)O)C1CCCN(C(=O)C2CC2c2c(F)cccc2F)CC1. The third-order valence-electron chi connectivity index (χ3n) is 5.50. The Morgan fingerprint density at radius 2 is 1.92 bits per heavy atom. The summed E-state index contributed by atoms with van der Waals surface area (Å²) < 4.78 is 27.8. The number of aliphatic carboxylic acids is 1. The van der Waals surface area contributed by atoms with E-state index < -0.39 is 17.6 Å². The van der Waals surface area contributed by atoms with Crippen LogP contribution in [0.1, 0.15) is 37.2 Å². The largest absolute Gasteiger partial charge is 0.480 e. The molecule has 0 aromatic heterocycles. The maximum atomic E-state index is 13.9. The van der Waals surface area contributed by atoms with Crippen LogP contribution in [0.2, 0.25) is 0 Å². The number of nitrogens with zero attached hydrogens (tertiary/aromatic N) is 2. The van der Waals surface area contributed by atoms with E-state index in [1.54, 1.807) is 11.9 Å². The number of benzene rings is 1. The Morgan fingerprint density at radius 3 is 2.58 bits per heavy atom. The van der Waals surface area contributed by atoms with Crippen LogP contribution in [0.4, 0.5) is 8.78 Å². The molecule has 0 spiro atoms. The van der Waals surface area contributed by atoms with Gasteiger partial charge in [0.1, 0.15) is 11.6 Å². The molecule has 1 aliphatic carbocycles. The van der Waals surface area contributed by atoms with Gasteiger partial charge in [-0.2, -0.15) is 0 Å². The summed E-state index contributed by atoms with van der Waals surface area (Å²) in [6, 6.07) is 3.92. The topological polar surface area (TPSA) is 60.9 Å². The number of carbonyl (C=O) groups excluding carboxylic acids is 1. The number of carboxylic acids is 1. The Kier molecular flexibility index (Phi) is 5.55. The molecule has 1 saturated heterocycles. The Balaban J connectivity index is 1.59. The number of amides is 1. The molecule has 1 aliphatic heterocycles. The summed E-state index contributed by atoms with van der Waals surface area (Å²) in [4.78, 5) is 27.2. The predicted molar refractivity (Wildman–Crippen MR) is 91.7 cm³/mol. The minimum absolute atomic E-state index is 0.0180. The van der Waals surface area contributed by atoms with Crippen LogP contribution in [0, 0.1) is 17.6 Å². The Hall–Kier alpha value is -2.02. The second kappa shape index (κ2) is 7.70. The normalized spacial score (nSPS) is 25.8. The first-order chi connectivity index (χ1) is 12.4. The molecule has 5 nitrogen and oxygen atoms in total. The van der Waals surface area contributed by atoms with Crippen LogP contribution < -0.4 is 0 Å². The molecule has 1 aromatic rings. The Labute approximate surface area is 151 Å². The van der Waals surface area contributed by atoms with Crippen molar-refractivity contribution < 1.29 is 23.5 Å². The van der Waals surface area contributed by atoms with Crippen LogP contribution in [-0.2, 0) is 9.59 Å². The van der Waals surface area contributed by atoms with E-state index in [0.717, 1.165) is 12.8 Å². The van der Waals surface area contributed by atoms with Gasteiger partial charge in [-0.1, -0.05) is 6.07 Å². The lowest BCUT2D eigenvalue weighted by molar-refractivity contribution is -0.138. The quantitative estimate of drug-likeness (QED) is 0.870. The molecule has 1 aromatic carbocycles. The van der Waals surface area contributed by atoms with Crippen LogP contribution in [0.3, 0.4) is 0 Å². The lowest BCUT2D eigenvalue weighted by atomic mass is 10.1. The lowest BCUT2D eigenvalue weighted by Crippen LogP contribution is -2.37. The molecule has 142 valence electrons. The number of hydrogen-bond donors (Lipinski definition) is 1. The Morgan fingerprint density at radius 1 is 1.23 bits per heavy atom. The molecule has 0 radical (unpaired) electrons. The number of likely N-dealkylation sites (tertiary alicyclic amines) is 1. The van der Waals surface area contributed by atoms with Crippen molar-refractivity contribution in [2.45, 2.75) is 37.6 Å². The molecular formula is C19H24F2N2O3. The summed E-state index contributed by atoms with van der Waals surface area (Å²) in [7, 11) is 1.79. The standard InChI is InChI=1S/C19H24F2N2O3/c1-22(11-17(24)25)12-4-3-8-23(9-7-12)19(26)14-10-13(14)18-15(20)5-2-6-16(18)21/h2,5-6,12-14H,3-4,7-11H2,1H3,(H,24,25). The molecule has 3 rings (SSSR count). The number of hydrogen-bond acceptors (Lipinski definition) is 3. The third kappa shape index (κ3) is 4.03. The number of carboxylic acid groups (broad SMARTS) is 1. The van der Waals surface area contributed by atoms with Gasteiger partial charge in [-0.25, -0.2) is 8.78 Å². The number of likely N-dealkylation sites (N-methyl/N-ethyl adjacent to an activating group) is 1. The molecule has 3 atom stereocenters. The van der Waals surface area contributed by atoms with Crippen molar-refractivity contribution in [3.63, 3.8) is 0 Å². The monoisotopic (exact) mass is 366 g/mol. The molecule has 1 heterocycles. The molecule has 3 unspecified atom stereocenters. The van der Waals surface area contributed by atoms with E-state index in [9.17, 15) is 18.4 Å². The zero-order valence-electron chi connectivity index (χ0n) is 14.8. The highest BCUT2D eigenvalue weighted by Crippen LogP contribution is 2.50. The van der Waals surface area contributed by atoms with Crippen LogP contribution in [0.5, 0.6) is 0 Å². The van der Waals surface area contributed by atoms with Crippen LogP contribution in [-0.4, -0.2) is 59.5 Å². The minimum Gasteiger partial charge on any atom is -0.480 e. The first-order valence-corrected chi connectivity index (χ1v) is 9.03. The Bertz CT molecular complexity index is 677. The highest BCUT2D eigenvalue weighted by atomic mass is 19.1. The smallest absolute Gasteiger partial charge is 0.317 e. The summed E-state index contributed by atoms with van der Waals surface area (Å²) in [6.45, 7) is 1.14. The van der Waals surface area contributed by atoms with E-state index in [1.807, 2.05) is 4.90 Å². The fourth-order valence-corrected chi connectivity index (χ4v) is 3.97. The van der Waals surface area contributed by atoms with E-state index in [0.29, 0.717) is 25.9 Å². The van der Waals surface area contributed by atoms with Crippen molar-refractivity contribution in [3.8, 4) is 0 Å². The molecule has 2 fully saturated rings. The average molecular weight is 366 g/mol. The maximum Gasteiger partial charge on any atom is 0.317 e. The van der Waals surface area contributed by atoms with Crippen molar-refractivity contribution in [2.24, 2.45) is 5.92 Å². The van der Waals surface area contributed by atoms with Gasteiger partial charge >= 0.3 is 5.97 Å². The molecule has 2 aliphatic rings. The van der Waals surface area contributed by atoms with Gasteiger partial charge in [-0.05, 0) is 44.9 Å². The maximum absolute atomic E-state index is 13.9. The predicted octanol–water partition coefficient (Wildman–Crippen LogP) is 2.47. The van der Waals surface area contributed by atoms with E-state index >= 15 is 0 Å². The first-order valence-electron chi connectivity index (χ1n) is 9.03. The molecule has 1 saturated carbocycles. The summed E-state index contributed by atoms with van der Waals surface area (Å²) in [5.74, 6) is -2.81. The average Bonchev–Trinajstić information content (AvgIpc) is 3.36. The second-order valence-electron chi connectivity index (χ2n) is 7.30. The number of rotatable bonds is 5. The highest BCUT2D eigenvalue weighted by Gasteiger charge is 2.48. The van der Waals surface area contributed by atoms with Gasteiger partial charge in [0.25, 0.3) is 0 Å². The molecule has 1 N–H and O–H groups in total. The number of carbonyl (C=O) groups is 2. The molecule has 0 bridgehead atoms. The summed E-state index contributed by atoms with van der Waals surface area (Å²) in [6.07, 6.45) is 2.83. The fourth-order valence-electron chi connectivity index (χ4n) is 3.97. The fraction of sp³-hybridized carbons (Fsp3) is 0.579. The highest BCUT2D eigenvalue weighted by molar-refractivity contribution is 5.83. The van der Waals surface area contributed by atoms with Crippen LogP contribution >= 0.6 is 0 Å². The summed E-state index contributed by atoms with van der Waals surface area (Å²) >= 11 is 0. The molecule has 26 heavy (non-hydrogen) atoms.